The first-order valence-corrected chi connectivity index (χ1v) is 10.3. The van der Waals surface area contributed by atoms with Crippen LogP contribution < -0.4 is 0 Å². The van der Waals surface area contributed by atoms with Crippen molar-refractivity contribution in [2.75, 3.05) is 7.11 Å². The summed E-state index contributed by atoms with van der Waals surface area (Å²) in [5.74, 6) is 6.26. The molecule has 0 aliphatic heterocycles. The second kappa shape index (κ2) is 6.70. The van der Waals surface area contributed by atoms with E-state index in [4.69, 9.17) is 4.74 Å². The Bertz CT molecular complexity index is 385. The maximum Gasteiger partial charge on any atom is 0.0638 e. The predicted molar refractivity (Wildman–Crippen MR) is 98.3 cm³/mol. The van der Waals surface area contributed by atoms with Crippen molar-refractivity contribution < 1.29 is 4.74 Å². The largest absolute Gasteiger partial charge is 0.381 e. The van der Waals surface area contributed by atoms with Crippen LogP contribution in [0.15, 0.2) is 0 Å². The van der Waals surface area contributed by atoms with Crippen LogP contribution in [0, 0.1) is 46.8 Å². The van der Waals surface area contributed by atoms with Crippen LogP contribution in [0.5, 0.6) is 0 Å². The summed E-state index contributed by atoms with van der Waals surface area (Å²) in [5, 5.41) is 0. The number of hydrogen-bond donors (Lipinski definition) is 0. The zero-order chi connectivity index (χ0) is 16.8. The first-order chi connectivity index (χ1) is 10.8. The second-order valence-electron chi connectivity index (χ2n) is 10.5. The summed E-state index contributed by atoms with van der Waals surface area (Å²) in [7, 11) is 2.00. The fourth-order valence-corrected chi connectivity index (χ4v) is 6.95. The minimum Gasteiger partial charge on any atom is -0.381 e. The summed E-state index contributed by atoms with van der Waals surface area (Å²) in [5.41, 5.74) is 0.373. The molecule has 0 spiro atoms. The fourth-order valence-electron chi connectivity index (χ4n) is 6.95. The Hall–Kier alpha value is -0.0400. The van der Waals surface area contributed by atoms with Gasteiger partial charge in [0.2, 0.25) is 0 Å². The first kappa shape index (κ1) is 17.8. The average Bonchev–Trinajstić information content (AvgIpc) is 2.91. The molecule has 3 aliphatic carbocycles. The molecule has 3 saturated carbocycles. The van der Waals surface area contributed by atoms with Crippen molar-refractivity contribution in [1.82, 2.24) is 0 Å². The molecule has 3 rings (SSSR count). The van der Waals surface area contributed by atoms with Gasteiger partial charge >= 0.3 is 0 Å². The molecule has 0 bridgehead atoms. The van der Waals surface area contributed by atoms with Gasteiger partial charge in [0, 0.05) is 7.11 Å². The Morgan fingerprint density at radius 3 is 2.04 bits per heavy atom. The van der Waals surface area contributed by atoms with Gasteiger partial charge in [-0.2, -0.15) is 0 Å². The number of hydrogen-bond acceptors (Lipinski definition) is 1. The zero-order valence-electron chi connectivity index (χ0n) is 16.5. The van der Waals surface area contributed by atoms with Gasteiger partial charge in [0.25, 0.3) is 0 Å². The van der Waals surface area contributed by atoms with Crippen LogP contribution >= 0.6 is 0 Å². The van der Waals surface area contributed by atoms with Gasteiger partial charge in [-0.15, -0.1) is 0 Å². The molecule has 3 fully saturated rings. The topological polar surface area (TPSA) is 9.23 Å². The molecule has 0 aromatic carbocycles. The second-order valence-corrected chi connectivity index (χ2v) is 10.5. The number of fused-ring (bicyclic) bond motifs is 1. The average molecular weight is 321 g/mol. The van der Waals surface area contributed by atoms with E-state index in [1.165, 1.54) is 44.9 Å². The van der Waals surface area contributed by atoms with Gasteiger partial charge in [-0.25, -0.2) is 0 Å². The molecule has 0 aromatic heterocycles. The Morgan fingerprint density at radius 1 is 0.826 bits per heavy atom. The van der Waals surface area contributed by atoms with E-state index >= 15 is 0 Å². The van der Waals surface area contributed by atoms with E-state index in [9.17, 15) is 0 Å². The maximum absolute atomic E-state index is 6.27. The van der Waals surface area contributed by atoms with Crippen LogP contribution in [-0.2, 0) is 4.74 Å². The van der Waals surface area contributed by atoms with Crippen molar-refractivity contribution in [1.29, 1.82) is 0 Å². The van der Waals surface area contributed by atoms with Crippen molar-refractivity contribution in [2.24, 2.45) is 46.8 Å². The van der Waals surface area contributed by atoms with Crippen LogP contribution in [0.4, 0.5) is 0 Å². The fraction of sp³-hybridized carbons (Fsp3) is 1.00. The SMILES string of the molecule is COC1C(C(C)(C)C)CC2CCCC2[C@H]1C1CC(C)CC(C)C1. The molecular weight excluding hydrogens is 280 g/mol. The monoisotopic (exact) mass is 320 g/mol. The number of methoxy groups -OCH3 is 1. The molecule has 23 heavy (non-hydrogen) atoms. The summed E-state index contributed by atoms with van der Waals surface area (Å²) in [4.78, 5) is 0. The number of rotatable bonds is 2. The van der Waals surface area contributed by atoms with Crippen molar-refractivity contribution in [3.63, 3.8) is 0 Å². The van der Waals surface area contributed by atoms with E-state index < -0.39 is 0 Å². The molecular formula is C22H40O. The molecule has 0 saturated heterocycles. The normalized spacial score (nSPS) is 48.3. The summed E-state index contributed by atoms with van der Waals surface area (Å²) < 4.78 is 6.27. The highest BCUT2D eigenvalue weighted by molar-refractivity contribution is 5.01. The molecule has 3 aliphatic rings. The molecule has 0 N–H and O–H groups in total. The summed E-state index contributed by atoms with van der Waals surface area (Å²) in [6, 6.07) is 0. The van der Waals surface area contributed by atoms with Crippen LogP contribution in [-0.4, -0.2) is 13.2 Å². The molecule has 134 valence electrons. The van der Waals surface area contributed by atoms with Gasteiger partial charge in [0.15, 0.2) is 0 Å². The Balaban J connectivity index is 1.89. The van der Waals surface area contributed by atoms with Gasteiger partial charge in [0.1, 0.15) is 0 Å². The lowest BCUT2D eigenvalue weighted by molar-refractivity contribution is -0.121. The molecule has 6 unspecified atom stereocenters. The van der Waals surface area contributed by atoms with Crippen molar-refractivity contribution in [3.05, 3.63) is 0 Å². The smallest absolute Gasteiger partial charge is 0.0638 e. The Kier molecular flexibility index (Phi) is 5.17. The molecule has 0 aromatic rings. The van der Waals surface area contributed by atoms with Crippen LogP contribution in [0.1, 0.15) is 79.6 Å². The lowest BCUT2D eigenvalue weighted by Gasteiger charge is -2.53. The predicted octanol–water partition coefficient (Wildman–Crippen LogP) is 6.17. The summed E-state index contributed by atoms with van der Waals surface area (Å²) in [6.45, 7) is 12.3. The van der Waals surface area contributed by atoms with Crippen molar-refractivity contribution in [2.45, 2.75) is 85.7 Å². The first-order valence-electron chi connectivity index (χ1n) is 10.3. The van der Waals surface area contributed by atoms with Gasteiger partial charge in [0.05, 0.1) is 6.10 Å². The highest BCUT2D eigenvalue weighted by Gasteiger charge is 2.52. The Morgan fingerprint density at radius 2 is 1.48 bits per heavy atom. The summed E-state index contributed by atoms with van der Waals surface area (Å²) in [6.07, 6.45) is 10.7. The van der Waals surface area contributed by atoms with E-state index in [0.29, 0.717) is 11.5 Å². The van der Waals surface area contributed by atoms with Crippen LogP contribution in [0.3, 0.4) is 0 Å². The van der Waals surface area contributed by atoms with E-state index in [2.05, 4.69) is 34.6 Å². The zero-order valence-corrected chi connectivity index (χ0v) is 16.5. The van der Waals surface area contributed by atoms with Gasteiger partial charge in [-0.3, -0.25) is 0 Å². The quantitative estimate of drug-likeness (QED) is 0.591. The molecule has 0 amide bonds. The number of ether oxygens (including phenoxy) is 1. The minimum atomic E-state index is 0.373. The third-order valence-electron chi connectivity index (χ3n) is 7.69. The molecule has 1 heteroatoms. The molecule has 0 radical (unpaired) electrons. The van der Waals surface area contributed by atoms with Gasteiger partial charge in [-0.1, -0.05) is 47.5 Å². The van der Waals surface area contributed by atoms with Gasteiger partial charge < -0.3 is 4.74 Å². The maximum atomic E-state index is 6.27. The van der Waals surface area contributed by atoms with Gasteiger partial charge in [-0.05, 0) is 78.9 Å². The third-order valence-corrected chi connectivity index (χ3v) is 7.69. The third kappa shape index (κ3) is 3.51. The minimum absolute atomic E-state index is 0.373. The standard InChI is InChI=1S/C22H40O/c1-14-10-15(2)12-17(11-14)20-18-9-7-8-16(18)13-19(21(20)23-6)22(3,4)5/h14-21H,7-13H2,1-6H3/t14?,15?,16?,17?,18?,19?,20-,21?/m1/s1. The highest BCUT2D eigenvalue weighted by atomic mass is 16.5. The lowest BCUT2D eigenvalue weighted by Crippen LogP contribution is -2.51. The van der Waals surface area contributed by atoms with Crippen LogP contribution in [0.2, 0.25) is 0 Å². The molecule has 0 heterocycles. The summed E-state index contributed by atoms with van der Waals surface area (Å²) >= 11 is 0. The van der Waals surface area contributed by atoms with Crippen molar-refractivity contribution >= 4 is 0 Å². The van der Waals surface area contributed by atoms with E-state index in [0.717, 1.165) is 41.4 Å². The Labute approximate surface area is 144 Å². The van der Waals surface area contributed by atoms with E-state index in [-0.39, 0.29) is 0 Å². The van der Waals surface area contributed by atoms with Crippen LogP contribution in [0.25, 0.3) is 0 Å². The molecule has 7 atom stereocenters. The molecule has 1 nitrogen and oxygen atoms in total. The van der Waals surface area contributed by atoms with E-state index in [1.807, 2.05) is 7.11 Å². The lowest BCUT2D eigenvalue weighted by atomic mass is 9.55. The highest BCUT2D eigenvalue weighted by Crippen LogP contribution is 2.56. The van der Waals surface area contributed by atoms with Crippen molar-refractivity contribution in [3.8, 4) is 0 Å². The van der Waals surface area contributed by atoms with E-state index in [1.54, 1.807) is 0 Å².